The van der Waals surface area contributed by atoms with Crippen LogP contribution in [0.2, 0.25) is 0 Å². The molecule has 0 bridgehead atoms. The van der Waals surface area contributed by atoms with Gasteiger partial charge in [0.15, 0.2) is 6.10 Å². The van der Waals surface area contributed by atoms with Gasteiger partial charge in [0.25, 0.3) is 0 Å². The predicted octanol–water partition coefficient (Wildman–Crippen LogP) is 1.07. The quantitative estimate of drug-likeness (QED) is 0.648. The van der Waals surface area contributed by atoms with Gasteiger partial charge in [-0.2, -0.15) is 0 Å². The van der Waals surface area contributed by atoms with E-state index in [2.05, 4.69) is 6.92 Å². The van der Waals surface area contributed by atoms with Gasteiger partial charge in [0.1, 0.15) is 6.10 Å². The Kier molecular flexibility index (Phi) is 3.34. The molecule has 1 rings (SSSR count). The number of hydrogen-bond donors (Lipinski definition) is 1. The second-order valence-corrected chi connectivity index (χ2v) is 2.89. The summed E-state index contributed by atoms with van der Waals surface area (Å²) in [6.07, 6.45) is 1.44. The molecule has 2 unspecified atom stereocenters. The highest BCUT2D eigenvalue weighted by Crippen LogP contribution is 2.19. The average Bonchev–Trinajstić information content (AvgIpc) is 2.42. The topological polar surface area (TPSA) is 55.8 Å². The molecule has 4 heteroatoms. The molecule has 1 saturated heterocycles. The second kappa shape index (κ2) is 4.30. The molecule has 1 aliphatic rings. The summed E-state index contributed by atoms with van der Waals surface area (Å²) < 4.78 is 9.55. The molecule has 1 heterocycles. The zero-order valence-electron chi connectivity index (χ0n) is 7.16. The van der Waals surface area contributed by atoms with Crippen molar-refractivity contribution in [2.45, 2.75) is 38.4 Å². The van der Waals surface area contributed by atoms with Gasteiger partial charge in [-0.05, 0) is 12.8 Å². The fourth-order valence-electron chi connectivity index (χ4n) is 1.23. The van der Waals surface area contributed by atoms with Gasteiger partial charge < -0.3 is 14.6 Å². The van der Waals surface area contributed by atoms with Gasteiger partial charge in [0, 0.05) is 0 Å². The zero-order valence-corrected chi connectivity index (χ0v) is 7.16. The molecule has 0 spiro atoms. The van der Waals surface area contributed by atoms with Crippen LogP contribution in [0.1, 0.15) is 26.2 Å². The number of aliphatic hydroxyl groups excluding tert-OH is 1. The molecule has 70 valence electrons. The van der Waals surface area contributed by atoms with E-state index in [1.54, 1.807) is 0 Å². The van der Waals surface area contributed by atoms with Gasteiger partial charge in [0.2, 0.25) is 0 Å². The summed E-state index contributed by atoms with van der Waals surface area (Å²) in [6.45, 7) is 1.91. The van der Waals surface area contributed by atoms with Crippen LogP contribution in [0.3, 0.4) is 0 Å². The predicted molar refractivity (Wildman–Crippen MR) is 41.8 cm³/mol. The third kappa shape index (κ3) is 2.11. The first-order valence-electron chi connectivity index (χ1n) is 4.26. The third-order valence-electron chi connectivity index (χ3n) is 1.93. The number of rotatable bonds is 4. The van der Waals surface area contributed by atoms with Gasteiger partial charge in [-0.1, -0.05) is 13.3 Å². The van der Waals surface area contributed by atoms with E-state index in [1.807, 2.05) is 0 Å². The summed E-state index contributed by atoms with van der Waals surface area (Å²) in [5.41, 5.74) is 0. The summed E-state index contributed by atoms with van der Waals surface area (Å²) in [7, 11) is 0. The molecule has 4 nitrogen and oxygen atoms in total. The van der Waals surface area contributed by atoms with Crippen molar-refractivity contribution in [1.29, 1.82) is 0 Å². The molecule has 0 amide bonds. The Morgan fingerprint density at radius 1 is 1.42 bits per heavy atom. The van der Waals surface area contributed by atoms with Crippen LogP contribution in [0.15, 0.2) is 0 Å². The number of carbonyl (C=O) groups is 1. The van der Waals surface area contributed by atoms with Crippen LogP contribution in [-0.4, -0.2) is 30.1 Å². The van der Waals surface area contributed by atoms with Gasteiger partial charge in [0.05, 0.1) is 6.61 Å². The molecule has 0 aliphatic carbocycles. The highest BCUT2D eigenvalue weighted by atomic mass is 16.8. The van der Waals surface area contributed by atoms with Gasteiger partial charge in [-0.15, -0.1) is 0 Å². The molecule has 2 atom stereocenters. The highest BCUT2D eigenvalue weighted by molar-refractivity contribution is 5.62. The minimum Gasteiger partial charge on any atom is -0.427 e. The monoisotopic (exact) mass is 174 g/mol. The molecular formula is C8H14O4. The highest BCUT2D eigenvalue weighted by Gasteiger charge is 2.35. The second-order valence-electron chi connectivity index (χ2n) is 2.89. The molecule has 12 heavy (non-hydrogen) atoms. The van der Waals surface area contributed by atoms with Crippen LogP contribution in [-0.2, 0) is 9.47 Å². The Hall–Kier alpha value is -0.770. The molecule has 1 N–H and O–H groups in total. The van der Waals surface area contributed by atoms with Crippen molar-refractivity contribution in [2.75, 3.05) is 6.61 Å². The maximum Gasteiger partial charge on any atom is 0.509 e. The lowest BCUT2D eigenvalue weighted by Gasteiger charge is -2.11. The number of unbranched alkanes of at least 4 members (excludes halogenated alkanes) is 1. The van der Waals surface area contributed by atoms with Crippen LogP contribution in [0, 0.1) is 0 Å². The summed E-state index contributed by atoms with van der Waals surface area (Å²) in [5.74, 6) is 0. The number of cyclic esters (lactones) is 2. The van der Waals surface area contributed by atoms with Crippen molar-refractivity contribution in [3.05, 3.63) is 0 Å². The standard InChI is InChI=1S/C8H14O4/c1-2-3-4-6-7(5-9)12-8(10)11-6/h6-7,9H,2-5H2,1H3. The van der Waals surface area contributed by atoms with Crippen molar-refractivity contribution in [3.8, 4) is 0 Å². The van der Waals surface area contributed by atoms with E-state index < -0.39 is 12.3 Å². The fraction of sp³-hybridized carbons (Fsp3) is 0.875. The maximum absolute atomic E-state index is 10.6. The molecule has 0 saturated carbocycles. The maximum atomic E-state index is 10.6. The van der Waals surface area contributed by atoms with Crippen LogP contribution in [0.5, 0.6) is 0 Å². The van der Waals surface area contributed by atoms with Crippen LogP contribution < -0.4 is 0 Å². The lowest BCUT2D eigenvalue weighted by molar-refractivity contribution is 0.0786. The van der Waals surface area contributed by atoms with Crippen LogP contribution >= 0.6 is 0 Å². The van der Waals surface area contributed by atoms with Crippen molar-refractivity contribution in [3.63, 3.8) is 0 Å². The molecule has 0 radical (unpaired) electrons. The minimum atomic E-state index is -0.657. The van der Waals surface area contributed by atoms with E-state index in [-0.39, 0.29) is 12.7 Å². The minimum absolute atomic E-state index is 0.153. The first-order valence-corrected chi connectivity index (χ1v) is 4.26. The molecule has 0 aromatic rings. The average molecular weight is 174 g/mol. The molecular weight excluding hydrogens is 160 g/mol. The zero-order chi connectivity index (χ0) is 8.97. The van der Waals surface area contributed by atoms with E-state index in [0.717, 1.165) is 19.3 Å². The van der Waals surface area contributed by atoms with E-state index in [0.29, 0.717) is 0 Å². The van der Waals surface area contributed by atoms with Gasteiger partial charge >= 0.3 is 6.16 Å². The Morgan fingerprint density at radius 3 is 2.67 bits per heavy atom. The van der Waals surface area contributed by atoms with E-state index in [4.69, 9.17) is 14.6 Å². The van der Waals surface area contributed by atoms with Gasteiger partial charge in [-0.25, -0.2) is 4.79 Å². The Balaban J connectivity index is 2.35. The van der Waals surface area contributed by atoms with Crippen molar-refractivity contribution in [1.82, 2.24) is 0 Å². The third-order valence-corrected chi connectivity index (χ3v) is 1.93. The summed E-state index contributed by atoms with van der Waals surface area (Å²) >= 11 is 0. The molecule has 1 aliphatic heterocycles. The first-order chi connectivity index (χ1) is 5.77. The molecule has 1 fully saturated rings. The summed E-state index contributed by atoms with van der Waals surface area (Å²) in [6, 6.07) is 0. The Bertz CT molecular complexity index is 157. The SMILES string of the molecule is CCCCC1OC(=O)OC1CO. The number of hydrogen-bond acceptors (Lipinski definition) is 4. The van der Waals surface area contributed by atoms with E-state index in [1.165, 1.54) is 0 Å². The Morgan fingerprint density at radius 2 is 2.08 bits per heavy atom. The molecule has 0 aromatic heterocycles. The van der Waals surface area contributed by atoms with Crippen molar-refractivity contribution >= 4 is 6.16 Å². The summed E-state index contributed by atoms with van der Waals surface area (Å²) in [4.78, 5) is 10.6. The largest absolute Gasteiger partial charge is 0.509 e. The smallest absolute Gasteiger partial charge is 0.427 e. The van der Waals surface area contributed by atoms with Crippen molar-refractivity contribution in [2.24, 2.45) is 0 Å². The van der Waals surface area contributed by atoms with Crippen LogP contribution in [0.25, 0.3) is 0 Å². The first kappa shape index (κ1) is 9.32. The summed E-state index contributed by atoms with van der Waals surface area (Å²) in [5, 5.41) is 8.80. The number of aliphatic hydroxyl groups is 1. The molecule has 0 aromatic carbocycles. The Labute approximate surface area is 71.5 Å². The van der Waals surface area contributed by atoms with Crippen LogP contribution in [0.4, 0.5) is 4.79 Å². The van der Waals surface area contributed by atoms with E-state index in [9.17, 15) is 4.79 Å². The lowest BCUT2D eigenvalue weighted by atomic mass is 10.1. The normalized spacial score (nSPS) is 28.3. The van der Waals surface area contributed by atoms with Crippen molar-refractivity contribution < 1.29 is 19.4 Å². The van der Waals surface area contributed by atoms with Gasteiger partial charge in [-0.3, -0.25) is 0 Å². The fourth-order valence-corrected chi connectivity index (χ4v) is 1.23. The number of carbonyl (C=O) groups excluding carboxylic acids is 1. The lowest BCUT2D eigenvalue weighted by Crippen LogP contribution is -2.25. The van der Waals surface area contributed by atoms with E-state index >= 15 is 0 Å². The number of ether oxygens (including phenoxy) is 2.